The molecule has 0 spiro atoms. The lowest BCUT2D eigenvalue weighted by molar-refractivity contribution is 0.0954. The highest BCUT2D eigenvalue weighted by Gasteiger charge is 2.08. The fourth-order valence-electron chi connectivity index (χ4n) is 4.37. The first-order valence-electron chi connectivity index (χ1n) is 13.9. The van der Waals surface area contributed by atoms with Crippen molar-refractivity contribution in [2.75, 3.05) is 18.4 Å². The smallest absolute Gasteiger partial charge is 0.319 e. The van der Waals surface area contributed by atoms with Crippen LogP contribution in [-0.4, -0.2) is 40.0 Å². The number of amides is 3. The van der Waals surface area contributed by atoms with Crippen molar-refractivity contribution < 1.29 is 9.59 Å². The van der Waals surface area contributed by atoms with E-state index in [1.54, 1.807) is 49.3 Å². The summed E-state index contributed by atoms with van der Waals surface area (Å²) in [6.07, 6.45) is 11.9. The zero-order valence-electron chi connectivity index (χ0n) is 23.5. The van der Waals surface area contributed by atoms with Gasteiger partial charge in [0.25, 0.3) is 5.91 Å². The van der Waals surface area contributed by atoms with E-state index in [0.717, 1.165) is 39.8 Å². The van der Waals surface area contributed by atoms with Gasteiger partial charge in [0.2, 0.25) is 0 Å². The van der Waals surface area contributed by atoms with Crippen LogP contribution in [0.3, 0.4) is 0 Å². The van der Waals surface area contributed by atoms with E-state index in [2.05, 4.69) is 42.7 Å². The lowest BCUT2D eigenvalue weighted by Crippen LogP contribution is -2.30. The van der Waals surface area contributed by atoms with Gasteiger partial charge in [-0.15, -0.1) is 0 Å². The van der Waals surface area contributed by atoms with Crippen LogP contribution in [0.2, 0.25) is 0 Å². The number of aromatic nitrogens is 3. The summed E-state index contributed by atoms with van der Waals surface area (Å²) >= 11 is 0. The highest BCUT2D eigenvalue weighted by molar-refractivity contribution is 5.94. The lowest BCUT2D eigenvalue weighted by atomic mass is 9.99. The Kier molecular flexibility index (Phi) is 9.82. The maximum atomic E-state index is 12.6. The molecule has 5 aromatic rings. The van der Waals surface area contributed by atoms with Crippen molar-refractivity contribution >= 4 is 17.6 Å². The Labute approximate surface area is 250 Å². The van der Waals surface area contributed by atoms with E-state index in [4.69, 9.17) is 0 Å². The number of rotatable bonds is 9. The van der Waals surface area contributed by atoms with Crippen LogP contribution < -0.4 is 16.0 Å². The first kappa shape index (κ1) is 28.7. The van der Waals surface area contributed by atoms with Crippen LogP contribution >= 0.6 is 0 Å². The second-order valence-electron chi connectivity index (χ2n) is 9.68. The highest BCUT2D eigenvalue weighted by atomic mass is 16.2. The number of hydrogen-bond donors (Lipinski definition) is 3. The molecule has 3 heterocycles. The molecule has 0 radical (unpaired) electrons. The highest BCUT2D eigenvalue weighted by Crippen LogP contribution is 2.26. The Bertz CT molecular complexity index is 1720. The van der Waals surface area contributed by atoms with E-state index in [-0.39, 0.29) is 11.9 Å². The molecule has 3 amide bonds. The number of carbonyl (C=O) groups excluding carboxylic acids is 2. The first-order chi connectivity index (χ1) is 21.1. The molecule has 0 aliphatic heterocycles. The monoisotopic (exact) mass is 566 g/mol. The van der Waals surface area contributed by atoms with E-state index >= 15 is 0 Å². The molecule has 0 aliphatic carbocycles. The maximum Gasteiger partial charge on any atom is 0.319 e. The van der Waals surface area contributed by atoms with Crippen molar-refractivity contribution in [2.24, 2.45) is 0 Å². The van der Waals surface area contributed by atoms with Crippen molar-refractivity contribution in [1.82, 2.24) is 25.6 Å². The normalized spacial score (nSPS) is 10.2. The third kappa shape index (κ3) is 8.59. The van der Waals surface area contributed by atoms with Crippen molar-refractivity contribution in [3.05, 3.63) is 144 Å². The third-order valence-corrected chi connectivity index (χ3v) is 6.63. The SMILES string of the molecule is O=C(NCCc1cccnc1)Nc1ccc(-c2ccncc2)c(C#Cc2ccc(C(=O)NCCc3ccncc3)cc2)c1. The van der Waals surface area contributed by atoms with Crippen molar-refractivity contribution in [2.45, 2.75) is 12.8 Å². The summed E-state index contributed by atoms with van der Waals surface area (Å²) in [6.45, 7) is 1.02. The second kappa shape index (κ2) is 14.7. The number of nitrogens with zero attached hydrogens (tertiary/aromatic N) is 3. The van der Waals surface area contributed by atoms with E-state index < -0.39 is 0 Å². The molecule has 0 atom stereocenters. The molecular formula is C35H30N6O2. The van der Waals surface area contributed by atoms with Gasteiger partial charge in [0, 0.05) is 72.6 Å². The predicted octanol–water partition coefficient (Wildman–Crippen LogP) is 5.28. The van der Waals surface area contributed by atoms with Gasteiger partial charge < -0.3 is 16.0 Å². The first-order valence-corrected chi connectivity index (χ1v) is 13.9. The number of hydrogen-bond acceptors (Lipinski definition) is 5. The van der Waals surface area contributed by atoms with Crippen LogP contribution in [-0.2, 0) is 12.8 Å². The van der Waals surface area contributed by atoms with E-state index in [1.807, 2.05) is 66.7 Å². The summed E-state index contributed by atoms with van der Waals surface area (Å²) in [7, 11) is 0. The zero-order chi connectivity index (χ0) is 29.7. The van der Waals surface area contributed by atoms with E-state index in [9.17, 15) is 9.59 Å². The molecule has 0 aliphatic rings. The summed E-state index contributed by atoms with van der Waals surface area (Å²) < 4.78 is 0. The molecule has 3 aromatic heterocycles. The minimum atomic E-state index is -0.297. The molecule has 0 saturated heterocycles. The summed E-state index contributed by atoms with van der Waals surface area (Å²) in [5, 5.41) is 8.73. The number of nitrogens with one attached hydrogen (secondary N) is 3. The van der Waals surface area contributed by atoms with Crippen LogP contribution in [0.25, 0.3) is 11.1 Å². The van der Waals surface area contributed by atoms with Crippen LogP contribution in [0.15, 0.2) is 116 Å². The summed E-state index contributed by atoms with van der Waals surface area (Å²) in [5.74, 6) is 6.32. The number of pyridine rings is 3. The van der Waals surface area contributed by atoms with Gasteiger partial charge in [0.1, 0.15) is 0 Å². The molecule has 5 rings (SSSR count). The largest absolute Gasteiger partial charge is 0.352 e. The molecule has 8 nitrogen and oxygen atoms in total. The van der Waals surface area contributed by atoms with Gasteiger partial charge in [-0.3, -0.25) is 19.7 Å². The molecule has 0 bridgehead atoms. The Morgan fingerprint density at radius 2 is 1.40 bits per heavy atom. The van der Waals surface area contributed by atoms with Crippen LogP contribution in [0.1, 0.15) is 32.6 Å². The van der Waals surface area contributed by atoms with Crippen LogP contribution in [0.5, 0.6) is 0 Å². The number of urea groups is 1. The Hall–Kier alpha value is -5.81. The Morgan fingerprint density at radius 1 is 0.674 bits per heavy atom. The minimum Gasteiger partial charge on any atom is -0.352 e. The second-order valence-corrected chi connectivity index (χ2v) is 9.68. The molecule has 0 fully saturated rings. The molecule has 8 heteroatoms. The van der Waals surface area contributed by atoms with Crippen molar-refractivity contribution in [1.29, 1.82) is 0 Å². The maximum absolute atomic E-state index is 12.6. The Balaban J connectivity index is 1.25. The molecule has 0 unspecified atom stereocenters. The summed E-state index contributed by atoms with van der Waals surface area (Å²) in [4.78, 5) is 37.4. The van der Waals surface area contributed by atoms with Gasteiger partial charge in [0.05, 0.1) is 0 Å². The van der Waals surface area contributed by atoms with Crippen LogP contribution in [0.4, 0.5) is 10.5 Å². The number of anilines is 1. The topological polar surface area (TPSA) is 109 Å². The quantitative estimate of drug-likeness (QED) is 0.211. The van der Waals surface area contributed by atoms with Crippen LogP contribution in [0, 0.1) is 11.8 Å². The number of benzene rings is 2. The van der Waals surface area contributed by atoms with Gasteiger partial charge in [-0.05, 0) is 102 Å². The fraction of sp³-hybridized carbons (Fsp3) is 0.114. The molecule has 212 valence electrons. The zero-order valence-corrected chi connectivity index (χ0v) is 23.5. The molecular weight excluding hydrogens is 536 g/mol. The van der Waals surface area contributed by atoms with Crippen molar-refractivity contribution in [3.8, 4) is 23.0 Å². The molecule has 3 N–H and O–H groups in total. The van der Waals surface area contributed by atoms with Gasteiger partial charge in [0.15, 0.2) is 0 Å². The summed E-state index contributed by atoms with van der Waals surface area (Å²) in [6, 6.07) is 24.1. The molecule has 43 heavy (non-hydrogen) atoms. The molecule has 0 saturated carbocycles. The third-order valence-electron chi connectivity index (χ3n) is 6.63. The lowest BCUT2D eigenvalue weighted by Gasteiger charge is -2.11. The molecule has 2 aromatic carbocycles. The van der Waals surface area contributed by atoms with Gasteiger partial charge in [-0.2, -0.15) is 0 Å². The van der Waals surface area contributed by atoms with E-state index in [1.165, 1.54) is 0 Å². The standard InChI is InChI=1S/C35H30N6O2/c42-34(39-22-13-27-11-18-36-19-12-27)30-6-3-26(4-7-30)5-8-31-24-32(9-10-33(31)29-15-20-37-21-16-29)41-35(43)40-23-14-28-2-1-17-38-25-28/h1-4,6-7,9-12,15-21,24-25H,13-14,22-23H2,(H,39,42)(H2,40,41,43). The van der Waals surface area contributed by atoms with Gasteiger partial charge >= 0.3 is 6.03 Å². The van der Waals surface area contributed by atoms with Crippen molar-refractivity contribution in [3.63, 3.8) is 0 Å². The number of carbonyl (C=O) groups is 2. The predicted molar refractivity (Wildman–Crippen MR) is 167 cm³/mol. The average molecular weight is 567 g/mol. The Morgan fingerprint density at radius 3 is 2.14 bits per heavy atom. The average Bonchev–Trinajstić information content (AvgIpc) is 3.05. The van der Waals surface area contributed by atoms with E-state index in [0.29, 0.717) is 30.8 Å². The van der Waals surface area contributed by atoms with Gasteiger partial charge in [-0.25, -0.2) is 4.79 Å². The minimum absolute atomic E-state index is 0.133. The fourth-order valence-corrected chi connectivity index (χ4v) is 4.37. The van der Waals surface area contributed by atoms with Gasteiger partial charge in [-0.1, -0.05) is 24.0 Å². The summed E-state index contributed by atoms with van der Waals surface area (Å²) in [5.41, 5.74) is 6.76.